The van der Waals surface area contributed by atoms with E-state index < -0.39 is 0 Å². The first-order valence-corrected chi connectivity index (χ1v) is 8.16. The van der Waals surface area contributed by atoms with Crippen molar-refractivity contribution >= 4 is 11.7 Å². The summed E-state index contributed by atoms with van der Waals surface area (Å²) < 4.78 is 2.06. The lowest BCUT2D eigenvalue weighted by molar-refractivity contribution is -0.116. The molecule has 1 fully saturated rings. The van der Waals surface area contributed by atoms with E-state index in [0.717, 1.165) is 11.4 Å². The van der Waals surface area contributed by atoms with Gasteiger partial charge in [-0.3, -0.25) is 4.79 Å². The number of carbonyl (C=O) groups excluding carboxylic acids is 1. The zero-order valence-electron chi connectivity index (χ0n) is 12.9. The molecule has 1 aliphatic carbocycles. The molecule has 2 aromatic rings. The Morgan fingerprint density at radius 1 is 1.27 bits per heavy atom. The lowest BCUT2D eigenvalue weighted by Crippen LogP contribution is -2.25. The van der Waals surface area contributed by atoms with Crippen molar-refractivity contribution in [3.05, 3.63) is 47.2 Å². The van der Waals surface area contributed by atoms with E-state index in [1.807, 2.05) is 6.20 Å². The number of fused-ring (bicyclic) bond motifs is 1. The Morgan fingerprint density at radius 2 is 2.09 bits per heavy atom. The summed E-state index contributed by atoms with van der Waals surface area (Å²) in [6.45, 7) is 2.09. The maximum Gasteiger partial charge on any atom is 0.226 e. The molecule has 2 heterocycles. The summed E-state index contributed by atoms with van der Waals surface area (Å²) in [6, 6.07) is 8.90. The van der Waals surface area contributed by atoms with Crippen molar-refractivity contribution in [2.45, 2.75) is 51.0 Å². The van der Waals surface area contributed by atoms with Gasteiger partial charge in [0.05, 0.1) is 12.2 Å². The van der Waals surface area contributed by atoms with Crippen LogP contribution in [0.2, 0.25) is 0 Å². The van der Waals surface area contributed by atoms with Gasteiger partial charge >= 0.3 is 0 Å². The van der Waals surface area contributed by atoms with Crippen molar-refractivity contribution in [3.8, 4) is 0 Å². The summed E-state index contributed by atoms with van der Waals surface area (Å²) in [5.41, 5.74) is 3.60. The van der Waals surface area contributed by atoms with Crippen molar-refractivity contribution in [1.82, 2.24) is 9.78 Å². The van der Waals surface area contributed by atoms with E-state index in [0.29, 0.717) is 12.5 Å². The van der Waals surface area contributed by atoms with E-state index in [9.17, 15) is 4.79 Å². The number of aromatic nitrogens is 2. The molecule has 0 radical (unpaired) electrons. The molecule has 0 saturated heterocycles. The number of aryl methyl sites for hydroxylation is 1. The smallest absolute Gasteiger partial charge is 0.226 e. The van der Waals surface area contributed by atoms with Gasteiger partial charge in [0.1, 0.15) is 5.82 Å². The monoisotopic (exact) mass is 295 g/mol. The van der Waals surface area contributed by atoms with Gasteiger partial charge in [0.15, 0.2) is 0 Å². The first kappa shape index (κ1) is 13.6. The number of benzene rings is 1. The number of rotatable bonds is 2. The van der Waals surface area contributed by atoms with E-state index >= 15 is 0 Å². The van der Waals surface area contributed by atoms with Gasteiger partial charge in [0.2, 0.25) is 5.91 Å². The zero-order valence-corrected chi connectivity index (χ0v) is 12.9. The van der Waals surface area contributed by atoms with Crippen LogP contribution in [0.1, 0.15) is 60.8 Å². The second-order valence-electron chi connectivity index (χ2n) is 6.55. The van der Waals surface area contributed by atoms with Crippen LogP contribution in [-0.4, -0.2) is 15.7 Å². The summed E-state index contributed by atoms with van der Waals surface area (Å²) in [6.07, 6.45) is 7.31. The van der Waals surface area contributed by atoms with Crippen LogP contribution in [0.4, 0.5) is 5.82 Å². The molecule has 4 heteroatoms. The van der Waals surface area contributed by atoms with Crippen molar-refractivity contribution in [3.63, 3.8) is 0 Å². The number of carbonyl (C=O) groups is 1. The lowest BCUT2D eigenvalue weighted by atomic mass is 9.87. The zero-order chi connectivity index (χ0) is 15.1. The average molecular weight is 295 g/mol. The molecule has 2 aliphatic rings. The quantitative estimate of drug-likeness (QED) is 0.916. The third-order valence-corrected chi connectivity index (χ3v) is 4.96. The number of anilines is 1. The minimum atomic E-state index is 0.0961. The van der Waals surface area contributed by atoms with Gasteiger partial charge in [-0.15, -0.1) is 0 Å². The fraction of sp³-hybridized carbons (Fsp3) is 0.444. The van der Waals surface area contributed by atoms with Gasteiger partial charge in [-0.05, 0) is 25.3 Å². The fourth-order valence-electron chi connectivity index (χ4n) is 3.85. The SMILES string of the molecule is Cc1cccc([C@H]2CC(=O)Nc3c2cnn3C2CCCC2)c1. The first-order chi connectivity index (χ1) is 10.7. The highest BCUT2D eigenvalue weighted by Gasteiger charge is 2.32. The molecule has 1 aliphatic heterocycles. The molecule has 0 unspecified atom stereocenters. The predicted molar refractivity (Wildman–Crippen MR) is 86.0 cm³/mol. The van der Waals surface area contributed by atoms with Crippen LogP contribution >= 0.6 is 0 Å². The highest BCUT2D eigenvalue weighted by Crippen LogP contribution is 2.40. The first-order valence-electron chi connectivity index (χ1n) is 8.16. The van der Waals surface area contributed by atoms with Crippen molar-refractivity contribution in [2.24, 2.45) is 0 Å². The number of hydrogen-bond acceptors (Lipinski definition) is 2. The van der Waals surface area contributed by atoms with Crippen molar-refractivity contribution in [1.29, 1.82) is 0 Å². The molecule has 0 spiro atoms. The topological polar surface area (TPSA) is 46.9 Å². The molecule has 4 nitrogen and oxygen atoms in total. The van der Waals surface area contributed by atoms with Crippen molar-refractivity contribution < 1.29 is 4.79 Å². The van der Waals surface area contributed by atoms with E-state index in [1.165, 1.54) is 36.8 Å². The number of amides is 1. The second kappa shape index (κ2) is 5.27. The van der Waals surface area contributed by atoms with Gasteiger partial charge in [-0.25, -0.2) is 4.68 Å². The van der Waals surface area contributed by atoms with E-state index in [2.05, 4.69) is 46.3 Å². The van der Waals surface area contributed by atoms with Crippen molar-refractivity contribution in [2.75, 3.05) is 5.32 Å². The van der Waals surface area contributed by atoms with E-state index in [1.54, 1.807) is 0 Å². The van der Waals surface area contributed by atoms with Gasteiger partial charge in [-0.2, -0.15) is 5.10 Å². The van der Waals surface area contributed by atoms with Crippen LogP contribution < -0.4 is 5.32 Å². The molecular formula is C18H21N3O. The Bertz CT molecular complexity index is 713. The molecule has 1 atom stereocenters. The Hall–Kier alpha value is -2.10. The van der Waals surface area contributed by atoms with Gasteiger partial charge in [0, 0.05) is 17.9 Å². The molecule has 0 bridgehead atoms. The van der Waals surface area contributed by atoms with Crippen LogP contribution in [0.15, 0.2) is 30.5 Å². The molecule has 1 N–H and O–H groups in total. The minimum Gasteiger partial charge on any atom is -0.311 e. The average Bonchev–Trinajstić information content (AvgIpc) is 3.14. The Labute approximate surface area is 130 Å². The maximum atomic E-state index is 12.2. The molecule has 114 valence electrons. The Kier molecular flexibility index (Phi) is 3.25. The summed E-state index contributed by atoms with van der Waals surface area (Å²) >= 11 is 0. The molecule has 1 amide bonds. The maximum absolute atomic E-state index is 12.2. The summed E-state index contributed by atoms with van der Waals surface area (Å²) in [5.74, 6) is 1.15. The lowest BCUT2D eigenvalue weighted by Gasteiger charge is -2.25. The number of nitrogens with zero attached hydrogens (tertiary/aromatic N) is 2. The van der Waals surface area contributed by atoms with Crippen LogP contribution in [0.3, 0.4) is 0 Å². The minimum absolute atomic E-state index is 0.0961. The summed E-state index contributed by atoms with van der Waals surface area (Å²) in [5, 5.41) is 7.68. The summed E-state index contributed by atoms with van der Waals surface area (Å²) in [4.78, 5) is 12.2. The standard InChI is InChI=1S/C18H21N3O/c1-12-5-4-6-13(9-12)15-10-17(22)20-18-16(15)11-19-21(18)14-7-2-3-8-14/h4-6,9,11,14-15H,2-3,7-8,10H2,1H3,(H,20,22)/t15-/m1/s1. The molecule has 1 saturated carbocycles. The Balaban J connectivity index is 1.76. The molecule has 4 rings (SSSR count). The van der Waals surface area contributed by atoms with Gasteiger partial charge in [0.25, 0.3) is 0 Å². The third kappa shape index (κ3) is 2.23. The van der Waals surface area contributed by atoms with Crippen LogP contribution in [0.25, 0.3) is 0 Å². The Morgan fingerprint density at radius 3 is 2.86 bits per heavy atom. The van der Waals surface area contributed by atoms with Gasteiger partial charge in [-0.1, -0.05) is 42.7 Å². The highest BCUT2D eigenvalue weighted by molar-refractivity contribution is 5.94. The normalized spacial score (nSPS) is 21.7. The van der Waals surface area contributed by atoms with Crippen LogP contribution in [0, 0.1) is 6.92 Å². The second-order valence-corrected chi connectivity index (χ2v) is 6.55. The fourth-order valence-corrected chi connectivity index (χ4v) is 3.85. The predicted octanol–water partition coefficient (Wildman–Crippen LogP) is 3.78. The third-order valence-electron chi connectivity index (χ3n) is 4.96. The number of hydrogen-bond donors (Lipinski definition) is 1. The van der Waals surface area contributed by atoms with Crippen LogP contribution in [-0.2, 0) is 4.79 Å². The molecule has 1 aromatic heterocycles. The molecule has 1 aromatic carbocycles. The highest BCUT2D eigenvalue weighted by atomic mass is 16.1. The summed E-state index contributed by atoms with van der Waals surface area (Å²) in [7, 11) is 0. The van der Waals surface area contributed by atoms with Gasteiger partial charge < -0.3 is 5.32 Å². The van der Waals surface area contributed by atoms with E-state index in [-0.39, 0.29) is 11.8 Å². The van der Waals surface area contributed by atoms with E-state index in [4.69, 9.17) is 0 Å². The molecular weight excluding hydrogens is 274 g/mol. The molecule has 22 heavy (non-hydrogen) atoms. The number of nitrogens with one attached hydrogen (secondary N) is 1. The largest absolute Gasteiger partial charge is 0.311 e. The van der Waals surface area contributed by atoms with Crippen LogP contribution in [0.5, 0.6) is 0 Å².